The first-order chi connectivity index (χ1) is 9.27. The molecular formula is C13H17F4NO2. The maximum atomic E-state index is 12.7. The lowest BCUT2D eigenvalue weighted by Crippen LogP contribution is -2.33. The van der Waals surface area contributed by atoms with Crippen LogP contribution in [0.25, 0.3) is 0 Å². The lowest BCUT2D eigenvalue weighted by atomic mass is 9.99. The molecule has 0 aliphatic heterocycles. The zero-order chi connectivity index (χ0) is 15.3. The second kappa shape index (κ2) is 6.90. The number of nitrogens with two attached hydrogens (primary N) is 1. The Morgan fingerprint density at radius 3 is 2.25 bits per heavy atom. The Kier molecular flexibility index (Phi) is 5.76. The number of ether oxygens (including phenoxy) is 1. The number of aliphatic hydroxyl groups excluding tert-OH is 1. The second-order valence-corrected chi connectivity index (χ2v) is 4.42. The van der Waals surface area contributed by atoms with Crippen molar-refractivity contribution < 1.29 is 27.4 Å². The van der Waals surface area contributed by atoms with Gasteiger partial charge < -0.3 is 15.6 Å². The normalized spacial score (nSPS) is 15.2. The van der Waals surface area contributed by atoms with Crippen molar-refractivity contribution in [3.63, 3.8) is 0 Å². The van der Waals surface area contributed by atoms with Gasteiger partial charge in [-0.2, -0.15) is 17.6 Å². The third kappa shape index (κ3) is 4.35. The van der Waals surface area contributed by atoms with Gasteiger partial charge in [-0.15, -0.1) is 0 Å². The van der Waals surface area contributed by atoms with E-state index in [9.17, 15) is 22.7 Å². The molecule has 0 aliphatic carbocycles. The molecule has 20 heavy (non-hydrogen) atoms. The number of halogens is 4. The van der Waals surface area contributed by atoms with Gasteiger partial charge in [0.15, 0.2) is 0 Å². The lowest BCUT2D eigenvalue weighted by Gasteiger charge is -2.20. The maximum absolute atomic E-state index is 12.7. The summed E-state index contributed by atoms with van der Waals surface area (Å²) in [5, 5.41) is 9.72. The SMILES string of the molecule is CCC[C@H](O)[C@H](N)c1ccc(OC(F)(F)C(F)F)cc1. The predicted octanol–water partition coefficient (Wildman–Crippen LogP) is 3.08. The van der Waals surface area contributed by atoms with Crippen molar-refractivity contribution >= 4 is 0 Å². The van der Waals surface area contributed by atoms with Crippen LogP contribution in [0.3, 0.4) is 0 Å². The standard InChI is InChI=1S/C13H17F4NO2/c1-2-3-10(19)11(18)8-4-6-9(7-5-8)20-13(16,17)12(14)15/h4-7,10-12,19H,2-3,18H2,1H3/t10-,11+/m0/s1. The molecule has 2 atom stereocenters. The van der Waals surface area contributed by atoms with Gasteiger partial charge in [-0.25, -0.2) is 0 Å². The molecule has 0 bridgehead atoms. The highest BCUT2D eigenvalue weighted by atomic mass is 19.3. The summed E-state index contributed by atoms with van der Waals surface area (Å²) in [6.07, 6.45) is -7.95. The van der Waals surface area contributed by atoms with Crippen LogP contribution in [-0.2, 0) is 0 Å². The van der Waals surface area contributed by atoms with Crippen molar-refractivity contribution in [1.82, 2.24) is 0 Å². The van der Waals surface area contributed by atoms with Gasteiger partial charge in [0, 0.05) is 0 Å². The fourth-order valence-corrected chi connectivity index (χ4v) is 1.66. The molecular weight excluding hydrogens is 278 g/mol. The topological polar surface area (TPSA) is 55.5 Å². The number of hydrogen-bond donors (Lipinski definition) is 2. The van der Waals surface area contributed by atoms with Gasteiger partial charge >= 0.3 is 12.5 Å². The van der Waals surface area contributed by atoms with Gasteiger partial charge in [0.2, 0.25) is 0 Å². The fourth-order valence-electron chi connectivity index (χ4n) is 1.66. The van der Waals surface area contributed by atoms with Gasteiger partial charge in [0.25, 0.3) is 0 Å². The Morgan fingerprint density at radius 1 is 1.25 bits per heavy atom. The Balaban J connectivity index is 2.74. The van der Waals surface area contributed by atoms with E-state index in [2.05, 4.69) is 4.74 Å². The van der Waals surface area contributed by atoms with E-state index in [0.29, 0.717) is 12.0 Å². The van der Waals surface area contributed by atoms with Crippen LogP contribution >= 0.6 is 0 Å². The molecule has 0 heterocycles. The van der Waals surface area contributed by atoms with Crippen LogP contribution in [0.1, 0.15) is 31.4 Å². The van der Waals surface area contributed by atoms with Gasteiger partial charge in [-0.1, -0.05) is 25.5 Å². The van der Waals surface area contributed by atoms with Crippen LogP contribution < -0.4 is 10.5 Å². The minimum Gasteiger partial charge on any atom is -0.428 e. The van der Waals surface area contributed by atoms with Gasteiger partial charge in [0.05, 0.1) is 12.1 Å². The molecule has 1 rings (SSSR count). The highest BCUT2D eigenvalue weighted by Gasteiger charge is 2.43. The van der Waals surface area contributed by atoms with Crippen LogP contribution in [0.2, 0.25) is 0 Å². The van der Waals surface area contributed by atoms with Crippen molar-refractivity contribution in [1.29, 1.82) is 0 Å². The highest BCUT2D eigenvalue weighted by molar-refractivity contribution is 5.29. The quantitative estimate of drug-likeness (QED) is 0.760. The summed E-state index contributed by atoms with van der Waals surface area (Å²) < 4.78 is 53.2. The second-order valence-electron chi connectivity index (χ2n) is 4.42. The fraction of sp³-hybridized carbons (Fsp3) is 0.538. The van der Waals surface area contributed by atoms with E-state index in [0.717, 1.165) is 18.6 Å². The molecule has 0 amide bonds. The summed E-state index contributed by atoms with van der Waals surface area (Å²) in [6, 6.07) is 4.29. The van der Waals surface area contributed by atoms with Crippen LogP contribution in [-0.4, -0.2) is 23.7 Å². The molecule has 1 aromatic rings. The van der Waals surface area contributed by atoms with Crippen molar-refractivity contribution in [2.75, 3.05) is 0 Å². The number of benzene rings is 1. The van der Waals surface area contributed by atoms with Crippen molar-refractivity contribution in [2.45, 2.75) is 44.4 Å². The zero-order valence-electron chi connectivity index (χ0n) is 10.9. The first-order valence-corrected chi connectivity index (χ1v) is 6.16. The Labute approximate surface area is 114 Å². The van der Waals surface area contributed by atoms with Crippen LogP contribution in [0, 0.1) is 0 Å². The van der Waals surface area contributed by atoms with Crippen LogP contribution in [0.4, 0.5) is 17.6 Å². The molecule has 0 aromatic heterocycles. The molecule has 114 valence electrons. The third-order valence-electron chi connectivity index (χ3n) is 2.77. The van der Waals surface area contributed by atoms with Gasteiger partial charge in [0.1, 0.15) is 5.75 Å². The predicted molar refractivity (Wildman–Crippen MR) is 65.9 cm³/mol. The molecule has 0 radical (unpaired) electrons. The first kappa shape index (κ1) is 16.7. The first-order valence-electron chi connectivity index (χ1n) is 6.16. The van der Waals surface area contributed by atoms with E-state index >= 15 is 0 Å². The molecule has 0 saturated carbocycles. The summed E-state index contributed by atoms with van der Waals surface area (Å²) in [7, 11) is 0. The zero-order valence-corrected chi connectivity index (χ0v) is 10.9. The third-order valence-corrected chi connectivity index (χ3v) is 2.77. The largest absolute Gasteiger partial charge is 0.461 e. The van der Waals surface area contributed by atoms with Crippen LogP contribution in [0.5, 0.6) is 5.75 Å². The smallest absolute Gasteiger partial charge is 0.428 e. The maximum Gasteiger partial charge on any atom is 0.461 e. The minimum absolute atomic E-state index is 0.392. The van der Waals surface area contributed by atoms with Crippen molar-refractivity contribution in [3.8, 4) is 5.75 Å². The number of hydrogen-bond acceptors (Lipinski definition) is 3. The van der Waals surface area contributed by atoms with E-state index in [-0.39, 0.29) is 0 Å². The van der Waals surface area contributed by atoms with Gasteiger partial charge in [-0.3, -0.25) is 0 Å². The van der Waals surface area contributed by atoms with E-state index in [1.54, 1.807) is 0 Å². The summed E-state index contributed by atoms with van der Waals surface area (Å²) in [6.45, 7) is 1.89. The average molecular weight is 295 g/mol. The molecule has 0 aliphatic rings. The summed E-state index contributed by atoms with van der Waals surface area (Å²) >= 11 is 0. The minimum atomic E-state index is -4.54. The number of aliphatic hydroxyl groups is 1. The van der Waals surface area contributed by atoms with Crippen molar-refractivity contribution in [3.05, 3.63) is 29.8 Å². The van der Waals surface area contributed by atoms with E-state index in [4.69, 9.17) is 5.73 Å². The monoisotopic (exact) mass is 295 g/mol. The Morgan fingerprint density at radius 2 is 1.80 bits per heavy atom. The molecule has 0 saturated heterocycles. The van der Waals surface area contributed by atoms with Crippen molar-refractivity contribution in [2.24, 2.45) is 5.73 Å². The Hall–Kier alpha value is -1.34. The Bertz CT molecular complexity index is 411. The highest BCUT2D eigenvalue weighted by Crippen LogP contribution is 2.28. The van der Waals surface area contributed by atoms with E-state index in [1.165, 1.54) is 12.1 Å². The number of alkyl halides is 4. The molecule has 1 aromatic carbocycles. The molecule has 0 spiro atoms. The lowest BCUT2D eigenvalue weighted by molar-refractivity contribution is -0.253. The van der Waals surface area contributed by atoms with Gasteiger partial charge in [-0.05, 0) is 24.1 Å². The van der Waals surface area contributed by atoms with E-state index < -0.39 is 30.4 Å². The molecule has 3 nitrogen and oxygen atoms in total. The molecule has 0 unspecified atom stereocenters. The van der Waals surface area contributed by atoms with Crippen LogP contribution in [0.15, 0.2) is 24.3 Å². The molecule has 3 N–H and O–H groups in total. The number of rotatable bonds is 7. The molecule has 7 heteroatoms. The van der Waals surface area contributed by atoms with E-state index in [1.807, 2.05) is 6.92 Å². The summed E-state index contributed by atoms with van der Waals surface area (Å²) in [5.41, 5.74) is 6.30. The summed E-state index contributed by atoms with van der Waals surface area (Å²) in [4.78, 5) is 0. The summed E-state index contributed by atoms with van der Waals surface area (Å²) in [5.74, 6) is -0.392. The molecule has 0 fully saturated rings. The average Bonchev–Trinajstić information content (AvgIpc) is 2.38.